The van der Waals surface area contributed by atoms with E-state index in [0.29, 0.717) is 44.4 Å². The zero-order chi connectivity index (χ0) is 19.2. The van der Waals surface area contributed by atoms with Gasteiger partial charge in [-0.1, -0.05) is 12.1 Å². The minimum absolute atomic E-state index is 0.283. The number of piperazine rings is 1. The van der Waals surface area contributed by atoms with E-state index in [1.807, 2.05) is 36.1 Å². The van der Waals surface area contributed by atoms with Crippen molar-refractivity contribution in [1.29, 1.82) is 0 Å². The molecule has 1 saturated heterocycles. The fraction of sp³-hybridized carbons (Fsp3) is 0.368. The zero-order valence-corrected chi connectivity index (χ0v) is 15.5. The van der Waals surface area contributed by atoms with Crippen molar-refractivity contribution >= 4 is 23.6 Å². The number of amides is 2. The molecule has 27 heavy (non-hydrogen) atoms. The van der Waals surface area contributed by atoms with Crippen molar-refractivity contribution in [3.05, 3.63) is 47.8 Å². The molecule has 142 valence electrons. The van der Waals surface area contributed by atoms with Gasteiger partial charge in [0.1, 0.15) is 5.69 Å². The summed E-state index contributed by atoms with van der Waals surface area (Å²) >= 11 is 0. The van der Waals surface area contributed by atoms with Gasteiger partial charge in [0.15, 0.2) is 0 Å². The fourth-order valence-electron chi connectivity index (χ4n) is 2.85. The topological polar surface area (TPSA) is 87.7 Å². The summed E-state index contributed by atoms with van der Waals surface area (Å²) in [4.78, 5) is 36.5. The van der Waals surface area contributed by atoms with Crippen molar-refractivity contribution in [3.63, 3.8) is 0 Å². The summed E-state index contributed by atoms with van der Waals surface area (Å²) in [6, 6.07) is 9.17. The van der Waals surface area contributed by atoms with Crippen molar-refractivity contribution in [2.75, 3.05) is 43.0 Å². The highest BCUT2D eigenvalue weighted by molar-refractivity contribution is 6.03. The van der Waals surface area contributed by atoms with Crippen LogP contribution in [0.15, 0.2) is 36.5 Å². The number of hydrogen-bond donors (Lipinski definition) is 1. The molecule has 8 heteroatoms. The molecule has 0 aliphatic carbocycles. The molecule has 0 spiro atoms. The van der Waals surface area contributed by atoms with E-state index in [0.717, 1.165) is 11.3 Å². The molecular weight excluding hydrogens is 346 g/mol. The third kappa shape index (κ3) is 4.72. The Hall–Kier alpha value is -3.16. The van der Waals surface area contributed by atoms with Crippen molar-refractivity contribution in [1.82, 2.24) is 14.9 Å². The van der Waals surface area contributed by atoms with Crippen LogP contribution in [0, 0.1) is 6.92 Å². The first-order chi connectivity index (χ1) is 13.1. The molecule has 0 atom stereocenters. The number of aryl methyl sites for hydroxylation is 1. The number of hydrogen-bond acceptors (Lipinski definition) is 6. The van der Waals surface area contributed by atoms with Crippen molar-refractivity contribution in [3.8, 4) is 0 Å². The minimum atomic E-state index is -0.302. The monoisotopic (exact) mass is 369 g/mol. The van der Waals surface area contributed by atoms with Crippen LogP contribution in [0.3, 0.4) is 0 Å². The molecule has 3 rings (SSSR count). The van der Waals surface area contributed by atoms with Crippen molar-refractivity contribution in [2.45, 2.75) is 13.8 Å². The average Bonchev–Trinajstić information content (AvgIpc) is 2.68. The van der Waals surface area contributed by atoms with Gasteiger partial charge in [0, 0.05) is 38.1 Å². The number of rotatable bonds is 4. The average molecular weight is 369 g/mol. The molecule has 2 heterocycles. The largest absolute Gasteiger partial charge is 0.450 e. The Balaban J connectivity index is 1.64. The highest BCUT2D eigenvalue weighted by Gasteiger charge is 2.23. The summed E-state index contributed by atoms with van der Waals surface area (Å²) in [5.41, 5.74) is 2.09. The SMILES string of the molecule is CCOC(=O)N1CCN(c2nccc(C(=O)Nc3cccc(C)c3)n2)CC1. The fourth-order valence-corrected chi connectivity index (χ4v) is 2.85. The van der Waals surface area contributed by atoms with Gasteiger partial charge in [0.2, 0.25) is 5.95 Å². The number of nitrogens with zero attached hydrogens (tertiary/aromatic N) is 4. The predicted octanol–water partition coefficient (Wildman–Crippen LogP) is 2.32. The Kier molecular flexibility index (Phi) is 5.85. The molecule has 2 aromatic rings. The van der Waals surface area contributed by atoms with Gasteiger partial charge in [-0.15, -0.1) is 0 Å². The number of aromatic nitrogens is 2. The number of ether oxygens (including phenoxy) is 1. The standard InChI is InChI=1S/C19H23N5O3/c1-3-27-19(26)24-11-9-23(10-12-24)18-20-8-7-16(22-18)17(25)21-15-6-4-5-14(2)13-15/h4-8,13H,3,9-12H2,1-2H3,(H,21,25). The van der Waals surface area contributed by atoms with Crippen LogP contribution < -0.4 is 10.2 Å². The molecule has 1 aliphatic heterocycles. The molecule has 0 bridgehead atoms. The maximum Gasteiger partial charge on any atom is 0.409 e. The molecule has 1 aromatic heterocycles. The van der Waals surface area contributed by atoms with E-state index >= 15 is 0 Å². The lowest BCUT2D eigenvalue weighted by atomic mass is 10.2. The van der Waals surface area contributed by atoms with Crippen LogP contribution in [0.2, 0.25) is 0 Å². The molecule has 2 amide bonds. The van der Waals surface area contributed by atoms with E-state index < -0.39 is 0 Å². The van der Waals surface area contributed by atoms with Gasteiger partial charge in [-0.25, -0.2) is 14.8 Å². The normalized spacial score (nSPS) is 14.0. The number of carbonyl (C=O) groups is 2. The van der Waals surface area contributed by atoms with Crippen molar-refractivity contribution < 1.29 is 14.3 Å². The van der Waals surface area contributed by atoms with Gasteiger partial charge >= 0.3 is 6.09 Å². The molecule has 8 nitrogen and oxygen atoms in total. The second-order valence-corrected chi connectivity index (χ2v) is 6.24. The van der Waals surface area contributed by atoms with Gasteiger partial charge in [0.05, 0.1) is 6.61 Å². The van der Waals surface area contributed by atoms with Crippen LogP contribution >= 0.6 is 0 Å². The number of anilines is 2. The number of benzene rings is 1. The molecule has 0 saturated carbocycles. The van der Waals surface area contributed by atoms with Gasteiger partial charge in [0.25, 0.3) is 5.91 Å². The summed E-state index contributed by atoms with van der Waals surface area (Å²) < 4.78 is 5.02. The first-order valence-corrected chi connectivity index (χ1v) is 8.94. The summed E-state index contributed by atoms with van der Waals surface area (Å²) in [5, 5.41) is 2.85. The van der Waals surface area contributed by atoms with E-state index in [4.69, 9.17) is 4.74 Å². The van der Waals surface area contributed by atoms with Gasteiger partial charge in [-0.2, -0.15) is 0 Å². The lowest BCUT2D eigenvalue weighted by Gasteiger charge is -2.34. The number of carbonyl (C=O) groups excluding carboxylic acids is 2. The molecule has 1 fully saturated rings. The first-order valence-electron chi connectivity index (χ1n) is 8.94. The van der Waals surface area contributed by atoms with Crippen LogP contribution in [0.4, 0.5) is 16.4 Å². The van der Waals surface area contributed by atoms with E-state index in [-0.39, 0.29) is 12.0 Å². The van der Waals surface area contributed by atoms with Crippen LogP contribution in [-0.4, -0.2) is 59.7 Å². The van der Waals surface area contributed by atoms with E-state index in [2.05, 4.69) is 15.3 Å². The summed E-state index contributed by atoms with van der Waals surface area (Å²) in [6.45, 7) is 6.34. The Morgan fingerprint density at radius 1 is 1.19 bits per heavy atom. The maximum absolute atomic E-state index is 12.5. The predicted molar refractivity (Wildman–Crippen MR) is 102 cm³/mol. The smallest absolute Gasteiger partial charge is 0.409 e. The van der Waals surface area contributed by atoms with Crippen LogP contribution in [0.1, 0.15) is 23.0 Å². The molecular formula is C19H23N5O3. The quantitative estimate of drug-likeness (QED) is 0.890. The van der Waals surface area contributed by atoms with Gasteiger partial charge in [-0.05, 0) is 37.6 Å². The minimum Gasteiger partial charge on any atom is -0.450 e. The van der Waals surface area contributed by atoms with Crippen LogP contribution in [0.25, 0.3) is 0 Å². The van der Waals surface area contributed by atoms with Crippen LogP contribution in [0.5, 0.6) is 0 Å². The lowest BCUT2D eigenvalue weighted by Crippen LogP contribution is -2.49. The first kappa shape index (κ1) is 18.6. The Labute approximate surface area is 158 Å². The third-order valence-electron chi connectivity index (χ3n) is 4.24. The maximum atomic E-state index is 12.5. The highest BCUT2D eigenvalue weighted by atomic mass is 16.6. The second kappa shape index (κ2) is 8.48. The summed E-state index contributed by atoms with van der Waals surface area (Å²) in [7, 11) is 0. The molecule has 0 unspecified atom stereocenters. The highest BCUT2D eigenvalue weighted by Crippen LogP contribution is 2.14. The Morgan fingerprint density at radius 3 is 2.67 bits per heavy atom. The number of nitrogens with one attached hydrogen (secondary N) is 1. The zero-order valence-electron chi connectivity index (χ0n) is 15.5. The van der Waals surface area contributed by atoms with E-state index in [9.17, 15) is 9.59 Å². The van der Waals surface area contributed by atoms with E-state index in [1.165, 1.54) is 0 Å². The van der Waals surface area contributed by atoms with Gasteiger partial charge in [-0.3, -0.25) is 4.79 Å². The molecule has 1 N–H and O–H groups in total. The molecule has 1 aliphatic rings. The summed E-state index contributed by atoms with van der Waals surface area (Å²) in [5.74, 6) is 0.199. The Bertz CT molecular complexity index is 818. The molecule has 1 aromatic carbocycles. The summed E-state index contributed by atoms with van der Waals surface area (Å²) in [6.07, 6.45) is 1.27. The molecule has 0 radical (unpaired) electrons. The Morgan fingerprint density at radius 2 is 1.96 bits per heavy atom. The van der Waals surface area contributed by atoms with Gasteiger partial charge < -0.3 is 19.9 Å². The third-order valence-corrected chi connectivity index (χ3v) is 4.24. The second-order valence-electron chi connectivity index (χ2n) is 6.24. The van der Waals surface area contributed by atoms with Crippen LogP contribution in [-0.2, 0) is 4.74 Å². The van der Waals surface area contributed by atoms with Crippen molar-refractivity contribution in [2.24, 2.45) is 0 Å². The van der Waals surface area contributed by atoms with E-state index in [1.54, 1.807) is 24.1 Å². The lowest BCUT2D eigenvalue weighted by molar-refractivity contribution is 0.102.